The first-order chi connectivity index (χ1) is 7.51. The molecule has 16 heavy (non-hydrogen) atoms. The standard InChI is InChI=1S/C10H16N2O4/c1-3-9(15)11-5-7(13)8(14)6-12-10(16)4-2/h3-4,7-8,13-14H,1-2,5-6H2,(H,11,15)(H,12,16). The van der Waals surface area contributed by atoms with E-state index in [9.17, 15) is 19.8 Å². The van der Waals surface area contributed by atoms with Gasteiger partial charge in [-0.1, -0.05) is 13.2 Å². The smallest absolute Gasteiger partial charge is 0.243 e. The zero-order chi connectivity index (χ0) is 12.6. The second kappa shape index (κ2) is 7.61. The van der Waals surface area contributed by atoms with Crippen molar-refractivity contribution in [2.75, 3.05) is 13.1 Å². The van der Waals surface area contributed by atoms with Crippen LogP contribution in [0.5, 0.6) is 0 Å². The minimum Gasteiger partial charge on any atom is -0.389 e. The lowest BCUT2D eigenvalue weighted by molar-refractivity contribution is -0.119. The van der Waals surface area contributed by atoms with Gasteiger partial charge in [-0.2, -0.15) is 0 Å². The summed E-state index contributed by atoms with van der Waals surface area (Å²) in [6, 6.07) is 0. The molecule has 2 amide bonds. The molecule has 90 valence electrons. The molecule has 0 fully saturated rings. The first-order valence-corrected chi connectivity index (χ1v) is 4.68. The molecule has 0 radical (unpaired) electrons. The monoisotopic (exact) mass is 228 g/mol. The van der Waals surface area contributed by atoms with Crippen molar-refractivity contribution < 1.29 is 19.8 Å². The molecular weight excluding hydrogens is 212 g/mol. The van der Waals surface area contributed by atoms with Gasteiger partial charge in [0.2, 0.25) is 11.8 Å². The second-order valence-electron chi connectivity index (χ2n) is 3.03. The third-order valence-corrected chi connectivity index (χ3v) is 1.79. The summed E-state index contributed by atoms with van der Waals surface area (Å²) in [7, 11) is 0. The Morgan fingerprint density at radius 3 is 1.56 bits per heavy atom. The average Bonchev–Trinajstić information content (AvgIpc) is 2.31. The van der Waals surface area contributed by atoms with Gasteiger partial charge in [-0.3, -0.25) is 9.59 Å². The summed E-state index contributed by atoms with van der Waals surface area (Å²) >= 11 is 0. The molecule has 0 aromatic rings. The van der Waals surface area contributed by atoms with E-state index < -0.39 is 24.0 Å². The summed E-state index contributed by atoms with van der Waals surface area (Å²) in [6.45, 7) is 6.23. The highest BCUT2D eigenvalue weighted by molar-refractivity contribution is 5.87. The normalized spacial score (nSPS) is 13.4. The molecule has 0 aromatic carbocycles. The van der Waals surface area contributed by atoms with Crippen molar-refractivity contribution >= 4 is 11.8 Å². The lowest BCUT2D eigenvalue weighted by Crippen LogP contribution is -2.44. The fourth-order valence-electron chi connectivity index (χ4n) is 0.827. The summed E-state index contributed by atoms with van der Waals surface area (Å²) in [5.74, 6) is -0.886. The number of rotatable bonds is 7. The first-order valence-electron chi connectivity index (χ1n) is 4.68. The van der Waals surface area contributed by atoms with Gasteiger partial charge in [0.15, 0.2) is 0 Å². The Morgan fingerprint density at radius 2 is 1.31 bits per heavy atom. The molecule has 0 aromatic heterocycles. The Kier molecular flexibility index (Phi) is 6.82. The number of carbonyl (C=O) groups is 2. The second-order valence-corrected chi connectivity index (χ2v) is 3.03. The van der Waals surface area contributed by atoms with Crippen molar-refractivity contribution in [2.24, 2.45) is 0 Å². The van der Waals surface area contributed by atoms with Gasteiger partial charge in [-0.15, -0.1) is 0 Å². The van der Waals surface area contributed by atoms with E-state index in [1.807, 2.05) is 0 Å². The van der Waals surface area contributed by atoms with Crippen LogP contribution in [0.4, 0.5) is 0 Å². The molecule has 4 N–H and O–H groups in total. The molecule has 0 saturated carbocycles. The molecule has 0 aliphatic heterocycles. The van der Waals surface area contributed by atoms with Crippen LogP contribution in [0.15, 0.2) is 25.3 Å². The molecule has 6 nitrogen and oxygen atoms in total. The van der Waals surface area contributed by atoms with E-state index in [0.717, 1.165) is 12.2 Å². The van der Waals surface area contributed by atoms with Crippen LogP contribution >= 0.6 is 0 Å². The maximum absolute atomic E-state index is 10.7. The number of carbonyl (C=O) groups excluding carboxylic acids is 2. The van der Waals surface area contributed by atoms with Crippen LogP contribution in [-0.2, 0) is 9.59 Å². The Bertz CT molecular complexity index is 250. The highest BCUT2D eigenvalue weighted by Gasteiger charge is 2.16. The van der Waals surface area contributed by atoms with Crippen LogP contribution in [0.25, 0.3) is 0 Å². The van der Waals surface area contributed by atoms with Crippen LogP contribution in [0.3, 0.4) is 0 Å². The molecule has 2 unspecified atom stereocenters. The zero-order valence-electron chi connectivity index (χ0n) is 8.85. The maximum atomic E-state index is 10.7. The summed E-state index contributed by atoms with van der Waals surface area (Å²) in [4.78, 5) is 21.5. The van der Waals surface area contributed by atoms with Crippen molar-refractivity contribution in [1.29, 1.82) is 0 Å². The van der Waals surface area contributed by atoms with Gasteiger partial charge in [0.25, 0.3) is 0 Å². The van der Waals surface area contributed by atoms with Crippen molar-refractivity contribution in [3.8, 4) is 0 Å². The maximum Gasteiger partial charge on any atom is 0.243 e. The number of nitrogens with one attached hydrogen (secondary N) is 2. The minimum absolute atomic E-state index is 0.115. The van der Waals surface area contributed by atoms with Crippen LogP contribution in [0.2, 0.25) is 0 Å². The first kappa shape index (κ1) is 14.3. The van der Waals surface area contributed by atoms with E-state index in [1.54, 1.807) is 0 Å². The van der Waals surface area contributed by atoms with Crippen molar-refractivity contribution in [2.45, 2.75) is 12.2 Å². The van der Waals surface area contributed by atoms with Gasteiger partial charge < -0.3 is 20.8 Å². The van der Waals surface area contributed by atoms with Crippen molar-refractivity contribution in [1.82, 2.24) is 10.6 Å². The average molecular weight is 228 g/mol. The zero-order valence-corrected chi connectivity index (χ0v) is 8.85. The summed E-state index contributed by atoms with van der Waals surface area (Å²) in [5.41, 5.74) is 0. The number of aliphatic hydroxyl groups is 2. The molecule has 0 spiro atoms. The highest BCUT2D eigenvalue weighted by atomic mass is 16.3. The molecule has 0 saturated heterocycles. The molecule has 2 atom stereocenters. The SMILES string of the molecule is C=CC(=O)NCC(O)C(O)CNC(=O)C=C. The molecule has 6 heteroatoms. The molecule has 0 aliphatic carbocycles. The molecular formula is C10H16N2O4. The number of amides is 2. The van der Waals surface area contributed by atoms with Gasteiger partial charge in [-0.25, -0.2) is 0 Å². The Labute approximate surface area is 93.7 Å². The Morgan fingerprint density at radius 1 is 1.00 bits per heavy atom. The number of hydrogen-bond donors (Lipinski definition) is 4. The fourth-order valence-corrected chi connectivity index (χ4v) is 0.827. The van der Waals surface area contributed by atoms with E-state index in [-0.39, 0.29) is 13.1 Å². The molecule has 0 aliphatic rings. The summed E-state index contributed by atoms with van der Waals surface area (Å²) in [5, 5.41) is 23.4. The lowest BCUT2D eigenvalue weighted by atomic mass is 10.2. The summed E-state index contributed by atoms with van der Waals surface area (Å²) in [6.07, 6.45) is -0.208. The third kappa shape index (κ3) is 5.94. The van der Waals surface area contributed by atoms with Crippen LogP contribution in [0, 0.1) is 0 Å². The van der Waals surface area contributed by atoms with E-state index in [2.05, 4.69) is 23.8 Å². The van der Waals surface area contributed by atoms with Gasteiger partial charge in [0.05, 0.1) is 12.2 Å². The van der Waals surface area contributed by atoms with Gasteiger partial charge in [-0.05, 0) is 12.2 Å². The quantitative estimate of drug-likeness (QED) is 0.391. The highest BCUT2D eigenvalue weighted by Crippen LogP contribution is 1.91. The van der Waals surface area contributed by atoms with Crippen LogP contribution in [-0.4, -0.2) is 47.3 Å². The predicted molar refractivity (Wildman–Crippen MR) is 58.4 cm³/mol. The number of hydrogen-bond acceptors (Lipinski definition) is 4. The third-order valence-electron chi connectivity index (χ3n) is 1.79. The van der Waals surface area contributed by atoms with Crippen LogP contribution in [0.1, 0.15) is 0 Å². The van der Waals surface area contributed by atoms with Gasteiger partial charge in [0.1, 0.15) is 0 Å². The van der Waals surface area contributed by atoms with E-state index >= 15 is 0 Å². The van der Waals surface area contributed by atoms with Crippen molar-refractivity contribution in [3.63, 3.8) is 0 Å². The summed E-state index contributed by atoms with van der Waals surface area (Å²) < 4.78 is 0. The van der Waals surface area contributed by atoms with E-state index in [0.29, 0.717) is 0 Å². The predicted octanol–water partition coefficient (Wildman–Crippen LogP) is -1.69. The molecule has 0 bridgehead atoms. The van der Waals surface area contributed by atoms with Gasteiger partial charge in [0, 0.05) is 13.1 Å². The Hall–Kier alpha value is -1.66. The molecule has 0 rings (SSSR count). The van der Waals surface area contributed by atoms with E-state index in [4.69, 9.17) is 0 Å². The topological polar surface area (TPSA) is 98.7 Å². The molecule has 0 heterocycles. The largest absolute Gasteiger partial charge is 0.389 e. The van der Waals surface area contributed by atoms with Crippen LogP contribution < -0.4 is 10.6 Å². The Balaban J connectivity index is 3.84. The fraction of sp³-hybridized carbons (Fsp3) is 0.400. The lowest BCUT2D eigenvalue weighted by Gasteiger charge is -2.17. The number of aliphatic hydroxyl groups excluding tert-OH is 2. The van der Waals surface area contributed by atoms with Crippen molar-refractivity contribution in [3.05, 3.63) is 25.3 Å². The van der Waals surface area contributed by atoms with E-state index in [1.165, 1.54) is 0 Å². The van der Waals surface area contributed by atoms with Gasteiger partial charge >= 0.3 is 0 Å². The minimum atomic E-state index is -1.16.